The second kappa shape index (κ2) is 12.2. The van der Waals surface area contributed by atoms with Crippen molar-refractivity contribution < 1.29 is 31.9 Å². The summed E-state index contributed by atoms with van der Waals surface area (Å²) >= 11 is 0. The summed E-state index contributed by atoms with van der Waals surface area (Å²) in [6.45, 7) is 5.27. The number of hydrogen-bond donors (Lipinski definition) is 2. The first-order valence-electron chi connectivity index (χ1n) is 13.7. The zero-order valence-corrected chi connectivity index (χ0v) is 23.4. The van der Waals surface area contributed by atoms with E-state index in [9.17, 15) is 31.9 Å². The number of hydrogen-bond acceptors (Lipinski definition) is 4. The topological polar surface area (TPSA) is 96.3 Å². The van der Waals surface area contributed by atoms with Crippen molar-refractivity contribution in [2.75, 3.05) is 11.4 Å². The van der Waals surface area contributed by atoms with Gasteiger partial charge in [0.15, 0.2) is 0 Å². The molecule has 1 aromatic heterocycles. The number of nitrogens with one attached hydrogen (secondary N) is 2. The van der Waals surface area contributed by atoms with E-state index in [4.69, 9.17) is 5.10 Å². The van der Waals surface area contributed by atoms with E-state index in [1.807, 2.05) is 6.07 Å². The third-order valence-electron chi connectivity index (χ3n) is 7.31. The molecule has 2 N–H and O–H groups in total. The highest BCUT2D eigenvalue weighted by Crippen LogP contribution is 2.43. The lowest BCUT2D eigenvalue weighted by molar-refractivity contribution is -0.137. The number of aromatic nitrogens is 2. The molecule has 3 aromatic carbocycles. The Morgan fingerprint density at radius 2 is 1.73 bits per heavy atom. The Morgan fingerprint density at radius 3 is 2.36 bits per heavy atom. The number of halogens is 4. The van der Waals surface area contributed by atoms with Crippen LogP contribution in [0.1, 0.15) is 45.6 Å². The van der Waals surface area contributed by atoms with Crippen LogP contribution < -0.4 is 15.5 Å². The average molecular weight is 606 g/mol. The van der Waals surface area contributed by atoms with E-state index in [1.54, 1.807) is 35.9 Å². The van der Waals surface area contributed by atoms with Crippen LogP contribution in [0, 0.1) is 5.82 Å². The molecule has 3 amide bonds. The minimum atomic E-state index is -4.68. The summed E-state index contributed by atoms with van der Waals surface area (Å²) < 4.78 is 55.8. The number of rotatable bonds is 8. The van der Waals surface area contributed by atoms with Gasteiger partial charge in [-0.25, -0.2) is 9.07 Å². The summed E-state index contributed by atoms with van der Waals surface area (Å²) in [7, 11) is 0. The summed E-state index contributed by atoms with van der Waals surface area (Å²) in [5.41, 5.74) is 0.573. The number of carbonyl (C=O) groups excluding carboxylic acids is 3. The van der Waals surface area contributed by atoms with Gasteiger partial charge in [-0.15, -0.1) is 0 Å². The van der Waals surface area contributed by atoms with Crippen molar-refractivity contribution in [3.05, 3.63) is 125 Å². The Labute approximate surface area is 250 Å². The van der Waals surface area contributed by atoms with Crippen molar-refractivity contribution in [2.45, 2.75) is 31.6 Å². The predicted molar refractivity (Wildman–Crippen MR) is 155 cm³/mol. The van der Waals surface area contributed by atoms with Crippen molar-refractivity contribution in [3.63, 3.8) is 0 Å². The van der Waals surface area contributed by atoms with E-state index in [0.717, 1.165) is 18.2 Å². The summed E-state index contributed by atoms with van der Waals surface area (Å²) in [4.78, 5) is 41.2. The summed E-state index contributed by atoms with van der Waals surface area (Å²) in [6, 6.07) is 16.9. The normalized spacial score (nSPS) is 16.3. The molecule has 1 aliphatic rings. The van der Waals surface area contributed by atoms with E-state index in [0.29, 0.717) is 34.4 Å². The first kappa shape index (κ1) is 30.2. The molecule has 8 nitrogen and oxygen atoms in total. The first-order chi connectivity index (χ1) is 21.0. The molecule has 0 saturated carbocycles. The van der Waals surface area contributed by atoms with Gasteiger partial charge in [0.2, 0.25) is 5.91 Å². The third-order valence-corrected chi connectivity index (χ3v) is 7.31. The standard InChI is InChI=1S/C32H27F4N5O3/c1-3-25(42)37-18-24-27-26(19-13-15-22(33)16-14-19)28(38-29(43)20-9-8-10-21(17-20)32(34,35)36)31(44)40(4-2)30(27)41(39-24)23-11-6-5-7-12-23/h3,5-17,26,28H,1,4,18H2,2H3,(H,37,42)(H,38,43). The molecule has 0 aliphatic carbocycles. The Kier molecular flexibility index (Phi) is 8.34. The summed E-state index contributed by atoms with van der Waals surface area (Å²) in [5.74, 6) is -3.03. The molecule has 0 spiro atoms. The zero-order chi connectivity index (χ0) is 31.6. The molecule has 4 aromatic rings. The van der Waals surface area contributed by atoms with Crippen molar-refractivity contribution >= 4 is 23.5 Å². The lowest BCUT2D eigenvalue weighted by Gasteiger charge is -2.38. The van der Waals surface area contributed by atoms with Crippen molar-refractivity contribution in [3.8, 4) is 5.69 Å². The molecule has 0 fully saturated rings. The van der Waals surface area contributed by atoms with Crippen LogP contribution >= 0.6 is 0 Å². The van der Waals surface area contributed by atoms with E-state index in [-0.39, 0.29) is 18.7 Å². The Bertz CT molecular complexity index is 1720. The molecule has 2 heterocycles. The van der Waals surface area contributed by atoms with Crippen LogP contribution in [0.4, 0.5) is 23.4 Å². The highest BCUT2D eigenvalue weighted by Gasteiger charge is 2.46. The molecule has 44 heavy (non-hydrogen) atoms. The van der Waals surface area contributed by atoms with Crippen LogP contribution in [-0.2, 0) is 22.3 Å². The van der Waals surface area contributed by atoms with Gasteiger partial charge < -0.3 is 10.6 Å². The highest BCUT2D eigenvalue weighted by molar-refractivity contribution is 6.05. The third kappa shape index (κ3) is 5.83. The van der Waals surface area contributed by atoms with Crippen LogP contribution in [0.25, 0.3) is 5.69 Å². The van der Waals surface area contributed by atoms with Crippen LogP contribution in [0.3, 0.4) is 0 Å². The number of alkyl halides is 3. The number of likely N-dealkylation sites (N-methyl/N-ethyl adjacent to an activating group) is 1. The largest absolute Gasteiger partial charge is 0.416 e. The smallest absolute Gasteiger partial charge is 0.347 e. The Balaban J connectivity index is 1.70. The van der Waals surface area contributed by atoms with Crippen molar-refractivity contribution in [1.29, 1.82) is 0 Å². The van der Waals surface area contributed by atoms with Crippen LogP contribution in [-0.4, -0.2) is 40.1 Å². The quantitative estimate of drug-likeness (QED) is 0.215. The van der Waals surface area contributed by atoms with Gasteiger partial charge in [0, 0.05) is 23.6 Å². The maximum absolute atomic E-state index is 14.2. The van der Waals surface area contributed by atoms with Gasteiger partial charge >= 0.3 is 6.18 Å². The van der Waals surface area contributed by atoms with Crippen LogP contribution in [0.2, 0.25) is 0 Å². The first-order valence-corrected chi connectivity index (χ1v) is 13.7. The SMILES string of the molecule is C=CC(=O)NCc1nn(-c2ccccc2)c2c1C(c1ccc(F)cc1)C(NC(=O)c1cccc(C(F)(F)F)c1)C(=O)N2CC. The lowest BCUT2D eigenvalue weighted by Crippen LogP contribution is -2.55. The number of anilines is 1. The summed E-state index contributed by atoms with van der Waals surface area (Å²) in [5, 5.41) is 10.1. The fourth-order valence-corrected chi connectivity index (χ4v) is 5.29. The number of amides is 3. The van der Waals surface area contributed by atoms with Crippen LogP contribution in [0.5, 0.6) is 0 Å². The zero-order valence-electron chi connectivity index (χ0n) is 23.4. The highest BCUT2D eigenvalue weighted by atomic mass is 19.4. The van der Waals surface area contributed by atoms with Crippen molar-refractivity contribution in [2.24, 2.45) is 0 Å². The van der Waals surface area contributed by atoms with E-state index < -0.39 is 47.2 Å². The van der Waals surface area contributed by atoms with Gasteiger partial charge in [0.25, 0.3) is 11.8 Å². The van der Waals surface area contributed by atoms with Gasteiger partial charge in [-0.2, -0.15) is 18.3 Å². The molecule has 2 atom stereocenters. The number of fused-ring (bicyclic) bond motifs is 1. The monoisotopic (exact) mass is 605 g/mol. The van der Waals surface area contributed by atoms with Gasteiger partial charge in [-0.3, -0.25) is 19.3 Å². The minimum Gasteiger partial charge on any atom is -0.347 e. The Morgan fingerprint density at radius 1 is 1.02 bits per heavy atom. The number of carbonyl (C=O) groups is 3. The number of nitrogens with zero attached hydrogens (tertiary/aromatic N) is 3. The molecule has 12 heteroatoms. The average Bonchev–Trinajstić information content (AvgIpc) is 3.39. The summed E-state index contributed by atoms with van der Waals surface area (Å²) in [6.07, 6.45) is -3.59. The fraction of sp³-hybridized carbons (Fsp3) is 0.188. The molecule has 0 radical (unpaired) electrons. The molecule has 0 bridgehead atoms. The Hall–Kier alpha value is -5.26. The second-order valence-corrected chi connectivity index (χ2v) is 9.99. The fourth-order valence-electron chi connectivity index (χ4n) is 5.29. The van der Waals surface area contributed by atoms with E-state index in [2.05, 4.69) is 17.2 Å². The predicted octanol–water partition coefficient (Wildman–Crippen LogP) is 5.13. The molecule has 1 aliphatic heterocycles. The maximum atomic E-state index is 14.2. The van der Waals surface area contributed by atoms with Gasteiger partial charge in [0.1, 0.15) is 17.7 Å². The van der Waals surface area contributed by atoms with Crippen LogP contribution in [0.15, 0.2) is 91.5 Å². The van der Waals surface area contributed by atoms with Gasteiger partial charge in [-0.05, 0) is 61.0 Å². The molecular weight excluding hydrogens is 578 g/mol. The maximum Gasteiger partial charge on any atom is 0.416 e. The van der Waals surface area contributed by atoms with E-state index in [1.165, 1.54) is 35.2 Å². The second-order valence-electron chi connectivity index (χ2n) is 9.99. The molecule has 226 valence electrons. The number of benzene rings is 3. The van der Waals surface area contributed by atoms with E-state index >= 15 is 0 Å². The molecule has 2 unspecified atom stereocenters. The lowest BCUT2D eigenvalue weighted by atomic mass is 9.80. The molecule has 0 saturated heterocycles. The van der Waals surface area contributed by atoms with Gasteiger partial charge in [-0.1, -0.05) is 43.0 Å². The number of para-hydroxylation sites is 1. The molecular formula is C32H27F4N5O3. The minimum absolute atomic E-state index is 0.0786. The molecule has 5 rings (SSSR count). The van der Waals surface area contributed by atoms with Crippen molar-refractivity contribution in [1.82, 2.24) is 20.4 Å². The van der Waals surface area contributed by atoms with Gasteiger partial charge in [0.05, 0.1) is 23.5 Å².